The van der Waals surface area contributed by atoms with Crippen LogP contribution in [0.3, 0.4) is 0 Å². The maximum absolute atomic E-state index is 12.3. The van der Waals surface area contributed by atoms with E-state index in [1.807, 2.05) is 0 Å². The van der Waals surface area contributed by atoms with Gasteiger partial charge in [-0.1, -0.05) is 0 Å². The normalized spacial score (nSPS) is 13.6. The van der Waals surface area contributed by atoms with E-state index in [2.05, 4.69) is 10.3 Å². The predicted octanol–water partition coefficient (Wildman–Crippen LogP) is 0.737. The van der Waals surface area contributed by atoms with Gasteiger partial charge in [-0.05, 0) is 19.1 Å². The lowest BCUT2D eigenvalue weighted by Crippen LogP contribution is -2.49. The summed E-state index contributed by atoms with van der Waals surface area (Å²) in [6, 6.07) is 3.46. The fraction of sp³-hybridized carbons (Fsp3) is 0.500. The monoisotopic (exact) mass is 348 g/mol. The Morgan fingerprint density at radius 2 is 1.95 bits per heavy atom. The van der Waals surface area contributed by atoms with Crippen LogP contribution in [0.15, 0.2) is 18.3 Å². The highest BCUT2D eigenvalue weighted by atomic mass is 35.5. The molecule has 0 aliphatic carbocycles. The van der Waals surface area contributed by atoms with E-state index >= 15 is 0 Å². The number of carbonyl (C=O) groups excluding carboxylic acids is 2. The van der Waals surface area contributed by atoms with Gasteiger partial charge in [-0.15, -0.1) is 24.8 Å². The number of amides is 2. The molecule has 22 heavy (non-hydrogen) atoms. The molecule has 1 aliphatic rings. The molecule has 2 rings (SSSR count). The summed E-state index contributed by atoms with van der Waals surface area (Å²) in [6.07, 6.45) is 1.65. The second-order valence-electron chi connectivity index (χ2n) is 4.93. The second-order valence-corrected chi connectivity index (χ2v) is 4.93. The number of pyridine rings is 1. The summed E-state index contributed by atoms with van der Waals surface area (Å²) in [4.78, 5) is 31.7. The van der Waals surface area contributed by atoms with E-state index in [4.69, 9.17) is 0 Å². The lowest BCUT2D eigenvalue weighted by molar-refractivity contribution is -0.132. The third-order valence-corrected chi connectivity index (χ3v) is 3.43. The zero-order valence-electron chi connectivity index (χ0n) is 12.7. The van der Waals surface area contributed by atoms with E-state index in [0.717, 1.165) is 13.1 Å². The quantitative estimate of drug-likeness (QED) is 0.874. The van der Waals surface area contributed by atoms with Gasteiger partial charge < -0.3 is 15.1 Å². The number of nitrogens with one attached hydrogen (secondary N) is 1. The third kappa shape index (κ3) is 5.12. The molecule has 0 saturated carbocycles. The summed E-state index contributed by atoms with van der Waals surface area (Å²) < 4.78 is 0. The molecule has 2 heterocycles. The molecular weight excluding hydrogens is 327 g/mol. The highest BCUT2D eigenvalue weighted by molar-refractivity contribution is 5.97. The van der Waals surface area contributed by atoms with Crippen LogP contribution in [0.4, 0.5) is 0 Å². The first-order chi connectivity index (χ1) is 9.59. The van der Waals surface area contributed by atoms with Crippen molar-refractivity contribution in [3.63, 3.8) is 0 Å². The Kier molecular flexibility index (Phi) is 9.01. The van der Waals surface area contributed by atoms with Gasteiger partial charge in [0.15, 0.2) is 0 Å². The van der Waals surface area contributed by atoms with Crippen molar-refractivity contribution in [3.05, 3.63) is 29.6 Å². The average Bonchev–Trinajstić information content (AvgIpc) is 2.48. The average molecular weight is 349 g/mol. The molecule has 0 atom stereocenters. The molecule has 0 radical (unpaired) electrons. The first-order valence-corrected chi connectivity index (χ1v) is 6.75. The molecule has 1 aromatic heterocycles. The van der Waals surface area contributed by atoms with E-state index in [9.17, 15) is 9.59 Å². The third-order valence-electron chi connectivity index (χ3n) is 3.43. The first-order valence-electron chi connectivity index (χ1n) is 6.75. The lowest BCUT2D eigenvalue weighted by atomic mass is 10.2. The Labute approximate surface area is 143 Å². The molecule has 0 spiro atoms. The maximum atomic E-state index is 12.3. The smallest absolute Gasteiger partial charge is 0.255 e. The van der Waals surface area contributed by atoms with Gasteiger partial charge in [0.25, 0.3) is 5.91 Å². The number of rotatable bonds is 3. The molecule has 1 aromatic rings. The van der Waals surface area contributed by atoms with Crippen molar-refractivity contribution >= 4 is 36.6 Å². The summed E-state index contributed by atoms with van der Waals surface area (Å²) in [5.74, 6) is -0.178. The number of likely N-dealkylation sites (N-methyl/N-ethyl adjacent to an activating group) is 1. The van der Waals surface area contributed by atoms with Crippen LogP contribution in [-0.2, 0) is 4.79 Å². The number of carbonyl (C=O) groups is 2. The fourth-order valence-corrected chi connectivity index (χ4v) is 2.20. The topological polar surface area (TPSA) is 65.5 Å². The Bertz CT molecular complexity index is 507. The molecule has 0 aromatic carbocycles. The minimum absolute atomic E-state index is 0. The summed E-state index contributed by atoms with van der Waals surface area (Å²) in [5, 5.41) is 3.20. The van der Waals surface area contributed by atoms with Gasteiger partial charge >= 0.3 is 0 Å². The van der Waals surface area contributed by atoms with Crippen molar-refractivity contribution in [1.82, 2.24) is 20.1 Å². The largest absolute Gasteiger partial charge is 0.339 e. The number of halogens is 2. The van der Waals surface area contributed by atoms with Crippen LogP contribution in [0, 0.1) is 6.92 Å². The van der Waals surface area contributed by atoms with E-state index < -0.39 is 0 Å². The number of aromatic nitrogens is 1. The SMILES string of the molecule is Cc1ncccc1C(=O)N(C)CC(=O)N1CCNCC1.Cl.Cl. The van der Waals surface area contributed by atoms with Gasteiger partial charge in [0, 0.05) is 45.1 Å². The molecule has 8 heteroatoms. The molecule has 0 bridgehead atoms. The first kappa shape index (κ1) is 20.6. The summed E-state index contributed by atoms with van der Waals surface area (Å²) in [7, 11) is 1.65. The number of aryl methyl sites for hydroxylation is 1. The van der Waals surface area contributed by atoms with Gasteiger partial charge in [0.05, 0.1) is 12.1 Å². The van der Waals surface area contributed by atoms with Crippen LogP contribution in [0.2, 0.25) is 0 Å². The molecule has 1 saturated heterocycles. The second kappa shape index (κ2) is 9.61. The van der Waals surface area contributed by atoms with Crippen LogP contribution in [-0.4, -0.2) is 66.4 Å². The minimum atomic E-state index is -0.168. The lowest BCUT2D eigenvalue weighted by Gasteiger charge is -2.29. The van der Waals surface area contributed by atoms with Gasteiger partial charge in [-0.25, -0.2) is 0 Å². The number of hydrogen-bond donors (Lipinski definition) is 1. The summed E-state index contributed by atoms with van der Waals surface area (Å²) in [5.41, 5.74) is 1.22. The number of hydrogen-bond acceptors (Lipinski definition) is 4. The van der Waals surface area contributed by atoms with Crippen molar-refractivity contribution in [3.8, 4) is 0 Å². The van der Waals surface area contributed by atoms with Crippen LogP contribution in [0.1, 0.15) is 16.1 Å². The molecule has 1 fully saturated rings. The number of piperazine rings is 1. The van der Waals surface area contributed by atoms with Crippen molar-refractivity contribution in [2.75, 3.05) is 39.8 Å². The Hall–Kier alpha value is -1.37. The maximum Gasteiger partial charge on any atom is 0.255 e. The van der Waals surface area contributed by atoms with Gasteiger partial charge in [-0.3, -0.25) is 14.6 Å². The molecule has 2 amide bonds. The highest BCUT2D eigenvalue weighted by Gasteiger charge is 2.21. The van der Waals surface area contributed by atoms with Crippen molar-refractivity contribution in [2.45, 2.75) is 6.92 Å². The standard InChI is InChI=1S/C14H20N4O2.2ClH/c1-11-12(4-3-5-16-11)14(20)17(2)10-13(19)18-8-6-15-7-9-18;;/h3-5,15H,6-10H2,1-2H3;2*1H. The zero-order valence-corrected chi connectivity index (χ0v) is 14.4. The van der Waals surface area contributed by atoms with Gasteiger partial charge in [0.1, 0.15) is 0 Å². The number of nitrogens with zero attached hydrogens (tertiary/aromatic N) is 3. The van der Waals surface area contributed by atoms with Gasteiger partial charge in [-0.2, -0.15) is 0 Å². The Morgan fingerprint density at radius 3 is 2.55 bits per heavy atom. The van der Waals surface area contributed by atoms with Crippen LogP contribution in [0.5, 0.6) is 0 Å². The van der Waals surface area contributed by atoms with E-state index in [1.165, 1.54) is 4.90 Å². The van der Waals surface area contributed by atoms with Crippen molar-refractivity contribution in [1.29, 1.82) is 0 Å². The minimum Gasteiger partial charge on any atom is -0.339 e. The summed E-state index contributed by atoms with van der Waals surface area (Å²) in [6.45, 7) is 4.92. The summed E-state index contributed by atoms with van der Waals surface area (Å²) >= 11 is 0. The Morgan fingerprint density at radius 1 is 1.32 bits per heavy atom. The highest BCUT2D eigenvalue weighted by Crippen LogP contribution is 2.07. The molecule has 1 aliphatic heterocycles. The van der Waals surface area contributed by atoms with E-state index in [0.29, 0.717) is 24.3 Å². The predicted molar refractivity (Wildman–Crippen MR) is 89.9 cm³/mol. The van der Waals surface area contributed by atoms with Crippen LogP contribution in [0.25, 0.3) is 0 Å². The Balaban J connectivity index is 0.00000220. The van der Waals surface area contributed by atoms with E-state index in [1.54, 1.807) is 37.2 Å². The molecule has 6 nitrogen and oxygen atoms in total. The molecule has 124 valence electrons. The molecular formula is C14H22Cl2N4O2. The van der Waals surface area contributed by atoms with Gasteiger partial charge in [0.2, 0.25) is 5.91 Å². The van der Waals surface area contributed by atoms with Crippen LogP contribution < -0.4 is 5.32 Å². The zero-order chi connectivity index (χ0) is 14.5. The van der Waals surface area contributed by atoms with E-state index in [-0.39, 0.29) is 43.2 Å². The van der Waals surface area contributed by atoms with Crippen molar-refractivity contribution < 1.29 is 9.59 Å². The van der Waals surface area contributed by atoms with Crippen LogP contribution >= 0.6 is 24.8 Å². The molecule has 1 N–H and O–H groups in total. The fourth-order valence-electron chi connectivity index (χ4n) is 2.20. The van der Waals surface area contributed by atoms with Crippen molar-refractivity contribution in [2.24, 2.45) is 0 Å². The molecule has 0 unspecified atom stereocenters.